The topological polar surface area (TPSA) is 24.1 Å². The zero-order valence-electron chi connectivity index (χ0n) is 4.99. The van der Waals surface area contributed by atoms with Crippen molar-refractivity contribution in [2.45, 2.75) is 0 Å². The molecule has 0 aliphatic carbocycles. The summed E-state index contributed by atoms with van der Waals surface area (Å²) in [5.41, 5.74) is 1.00. The zero-order chi connectivity index (χ0) is 6.69. The average Bonchev–Trinajstić information content (AvgIpc) is 1.90. The summed E-state index contributed by atoms with van der Waals surface area (Å²) < 4.78 is 0.993. The number of hydrogen-bond donors (Lipinski definition) is 1. The van der Waals surface area contributed by atoms with Crippen LogP contribution in [0.2, 0.25) is 0 Å². The maximum Gasteiger partial charge on any atom is 0.222 e. The Morgan fingerprint density at radius 2 is 2.00 bits per heavy atom. The van der Waals surface area contributed by atoms with Crippen LogP contribution in [0.15, 0.2) is 31.1 Å². The molecule has 1 aromatic heterocycles. The molecule has 0 amide bonds. The lowest BCUT2D eigenvalue weighted by molar-refractivity contribution is -0.904. The molecule has 0 radical (unpaired) electrons. The van der Waals surface area contributed by atoms with E-state index >= 15 is 0 Å². The van der Waals surface area contributed by atoms with E-state index in [1.54, 1.807) is 30.6 Å². The van der Waals surface area contributed by atoms with Gasteiger partial charge in [0, 0.05) is 16.9 Å². The lowest BCUT2D eigenvalue weighted by Gasteiger charge is -1.84. The predicted molar refractivity (Wildman–Crippen MR) is 33.9 cm³/mol. The van der Waals surface area contributed by atoms with Gasteiger partial charge in [-0.3, -0.25) is 5.21 Å². The first-order chi connectivity index (χ1) is 4.33. The maximum absolute atomic E-state index is 8.73. The highest BCUT2D eigenvalue weighted by Gasteiger charge is 1.91. The van der Waals surface area contributed by atoms with Crippen molar-refractivity contribution in [1.82, 2.24) is 0 Å². The van der Waals surface area contributed by atoms with Crippen molar-refractivity contribution >= 4 is 6.08 Å². The van der Waals surface area contributed by atoms with Gasteiger partial charge < -0.3 is 0 Å². The number of nitrogens with zero attached hydrogens (tertiary/aromatic N) is 1. The first-order valence-electron chi connectivity index (χ1n) is 2.66. The van der Waals surface area contributed by atoms with Gasteiger partial charge in [0.25, 0.3) is 0 Å². The first-order valence-corrected chi connectivity index (χ1v) is 2.66. The van der Waals surface area contributed by atoms with Crippen molar-refractivity contribution in [3.05, 3.63) is 36.7 Å². The van der Waals surface area contributed by atoms with Crippen molar-refractivity contribution in [3.8, 4) is 0 Å². The summed E-state index contributed by atoms with van der Waals surface area (Å²) in [7, 11) is 0. The Balaban J connectivity index is 3.01. The van der Waals surface area contributed by atoms with Gasteiger partial charge >= 0.3 is 0 Å². The van der Waals surface area contributed by atoms with Crippen molar-refractivity contribution in [2.75, 3.05) is 0 Å². The van der Waals surface area contributed by atoms with E-state index in [9.17, 15) is 0 Å². The van der Waals surface area contributed by atoms with Crippen LogP contribution in [0.5, 0.6) is 0 Å². The quantitative estimate of drug-likeness (QED) is 0.433. The van der Waals surface area contributed by atoms with E-state index in [4.69, 9.17) is 5.21 Å². The molecule has 0 aliphatic heterocycles. The Labute approximate surface area is 53.6 Å². The standard InChI is InChI=1S/C7H8NO/c1-2-7-3-5-8(9)6-4-7/h2-6,9H,1H2/q+1. The molecule has 1 aromatic rings. The Bertz CT molecular complexity index is 203. The van der Waals surface area contributed by atoms with Gasteiger partial charge in [-0.15, -0.1) is 0 Å². The molecule has 0 fully saturated rings. The second-order valence-electron chi connectivity index (χ2n) is 1.72. The van der Waals surface area contributed by atoms with Gasteiger partial charge in [0.05, 0.1) is 0 Å². The Kier molecular flexibility index (Phi) is 1.49. The molecule has 0 aromatic carbocycles. The fourth-order valence-electron chi connectivity index (χ4n) is 0.566. The highest BCUT2D eigenvalue weighted by atomic mass is 16.5. The smallest absolute Gasteiger partial charge is 0.222 e. The van der Waals surface area contributed by atoms with Gasteiger partial charge in [-0.2, -0.15) is 0 Å². The van der Waals surface area contributed by atoms with E-state index in [-0.39, 0.29) is 0 Å². The third-order valence-electron chi connectivity index (χ3n) is 1.08. The van der Waals surface area contributed by atoms with E-state index in [2.05, 4.69) is 6.58 Å². The third-order valence-corrected chi connectivity index (χ3v) is 1.08. The van der Waals surface area contributed by atoms with Crippen LogP contribution in [-0.4, -0.2) is 5.21 Å². The van der Waals surface area contributed by atoms with Gasteiger partial charge in [-0.05, 0) is 5.56 Å². The molecule has 0 saturated heterocycles. The normalized spacial score (nSPS) is 8.89. The highest BCUT2D eigenvalue weighted by molar-refractivity contribution is 5.44. The second kappa shape index (κ2) is 2.31. The Hall–Kier alpha value is -1.31. The molecule has 0 spiro atoms. The van der Waals surface area contributed by atoms with Crippen molar-refractivity contribution in [3.63, 3.8) is 0 Å². The lowest BCUT2D eigenvalue weighted by atomic mass is 10.3. The molecule has 0 unspecified atom stereocenters. The van der Waals surface area contributed by atoms with Crippen LogP contribution in [0.1, 0.15) is 5.56 Å². The Morgan fingerprint density at radius 1 is 1.44 bits per heavy atom. The lowest BCUT2D eigenvalue weighted by Crippen LogP contribution is -2.27. The summed E-state index contributed by atoms with van der Waals surface area (Å²) in [6.45, 7) is 3.57. The van der Waals surface area contributed by atoms with E-state index in [0.29, 0.717) is 0 Å². The van der Waals surface area contributed by atoms with Gasteiger partial charge in [0.2, 0.25) is 12.4 Å². The van der Waals surface area contributed by atoms with E-state index in [1.165, 1.54) is 0 Å². The third kappa shape index (κ3) is 1.29. The summed E-state index contributed by atoms with van der Waals surface area (Å²) >= 11 is 0. The molecule has 0 bridgehead atoms. The largest absolute Gasteiger partial charge is 0.285 e. The van der Waals surface area contributed by atoms with Gasteiger partial charge in [-0.25, -0.2) is 0 Å². The van der Waals surface area contributed by atoms with Gasteiger partial charge in [0.15, 0.2) is 0 Å². The number of pyridine rings is 1. The molecule has 1 N–H and O–H groups in total. The average molecular weight is 122 g/mol. The molecule has 1 heterocycles. The van der Waals surface area contributed by atoms with Crippen LogP contribution in [0.4, 0.5) is 0 Å². The van der Waals surface area contributed by atoms with Crippen LogP contribution in [0, 0.1) is 0 Å². The molecule has 0 atom stereocenters. The van der Waals surface area contributed by atoms with Crippen LogP contribution in [0.25, 0.3) is 6.08 Å². The molecule has 2 nitrogen and oxygen atoms in total. The summed E-state index contributed by atoms with van der Waals surface area (Å²) in [5.74, 6) is 0. The van der Waals surface area contributed by atoms with Crippen molar-refractivity contribution < 1.29 is 9.94 Å². The molecular formula is C7H8NO+. The minimum atomic E-state index is 0.993. The Morgan fingerprint density at radius 3 is 2.44 bits per heavy atom. The fraction of sp³-hybridized carbons (Fsp3) is 0. The first kappa shape index (κ1) is 5.82. The second-order valence-corrected chi connectivity index (χ2v) is 1.72. The van der Waals surface area contributed by atoms with Crippen molar-refractivity contribution in [2.24, 2.45) is 0 Å². The van der Waals surface area contributed by atoms with Crippen LogP contribution < -0.4 is 4.73 Å². The molecule has 0 aliphatic rings. The van der Waals surface area contributed by atoms with E-state index < -0.39 is 0 Å². The minimum Gasteiger partial charge on any atom is -0.285 e. The molecule has 9 heavy (non-hydrogen) atoms. The summed E-state index contributed by atoms with van der Waals surface area (Å²) in [6, 6.07) is 3.54. The van der Waals surface area contributed by atoms with Crippen LogP contribution >= 0.6 is 0 Å². The number of rotatable bonds is 1. The maximum atomic E-state index is 8.73. The van der Waals surface area contributed by atoms with Gasteiger partial charge in [0.1, 0.15) is 0 Å². The molecule has 46 valence electrons. The van der Waals surface area contributed by atoms with E-state index in [1.807, 2.05) is 0 Å². The number of aromatic nitrogens is 1. The molecular weight excluding hydrogens is 114 g/mol. The highest BCUT2D eigenvalue weighted by Crippen LogP contribution is 1.93. The number of hydrogen-bond acceptors (Lipinski definition) is 1. The van der Waals surface area contributed by atoms with E-state index in [0.717, 1.165) is 10.3 Å². The van der Waals surface area contributed by atoms with Crippen molar-refractivity contribution in [1.29, 1.82) is 0 Å². The van der Waals surface area contributed by atoms with Gasteiger partial charge in [-0.1, -0.05) is 12.7 Å². The zero-order valence-corrected chi connectivity index (χ0v) is 4.99. The summed E-state index contributed by atoms with van der Waals surface area (Å²) in [5, 5.41) is 8.73. The monoisotopic (exact) mass is 122 g/mol. The minimum absolute atomic E-state index is 0.993. The van der Waals surface area contributed by atoms with Crippen LogP contribution in [0.3, 0.4) is 0 Å². The molecule has 1 rings (SSSR count). The predicted octanol–water partition coefficient (Wildman–Crippen LogP) is 0.854. The molecule has 0 saturated carbocycles. The summed E-state index contributed by atoms with van der Waals surface area (Å²) in [4.78, 5) is 0. The van der Waals surface area contributed by atoms with Crippen LogP contribution in [-0.2, 0) is 0 Å². The SMILES string of the molecule is C=Cc1cc[n+](O)cc1. The fourth-order valence-corrected chi connectivity index (χ4v) is 0.566. The summed E-state index contributed by atoms with van der Waals surface area (Å²) in [6.07, 6.45) is 4.83. The molecule has 2 heteroatoms.